The minimum absolute atomic E-state index is 0.171. The van der Waals surface area contributed by atoms with Gasteiger partial charge in [0.2, 0.25) is 5.91 Å². The van der Waals surface area contributed by atoms with Crippen LogP contribution < -0.4 is 10.1 Å². The molecule has 2 aromatic carbocycles. The van der Waals surface area contributed by atoms with E-state index < -0.39 is 12.1 Å². The van der Waals surface area contributed by atoms with Crippen LogP contribution in [0.25, 0.3) is 11.3 Å². The summed E-state index contributed by atoms with van der Waals surface area (Å²) in [6.07, 6.45) is 0.837. The highest BCUT2D eigenvalue weighted by molar-refractivity contribution is 7.14. The molecule has 1 N–H and O–H groups in total. The second-order valence-corrected chi connectivity index (χ2v) is 8.53. The van der Waals surface area contributed by atoms with Crippen LogP contribution in [0.1, 0.15) is 18.4 Å². The SMILES string of the molecule is COc1ccc(-c2csc(NC(=O)[C@@H]3CCCN3C(=O)OCc3ccccc3)n2)cc1Cl. The Morgan fingerprint density at radius 2 is 2.06 bits per heavy atom. The predicted molar refractivity (Wildman–Crippen MR) is 124 cm³/mol. The number of aromatic nitrogens is 1. The summed E-state index contributed by atoms with van der Waals surface area (Å²) in [6, 6.07) is 14.3. The van der Waals surface area contributed by atoms with Gasteiger partial charge in [-0.2, -0.15) is 0 Å². The van der Waals surface area contributed by atoms with E-state index in [1.54, 1.807) is 19.2 Å². The third-order valence-electron chi connectivity index (χ3n) is 5.18. The number of nitrogens with one attached hydrogen (secondary N) is 1. The summed E-state index contributed by atoms with van der Waals surface area (Å²) in [6.45, 7) is 0.657. The number of carbonyl (C=O) groups excluding carboxylic acids is 2. The van der Waals surface area contributed by atoms with E-state index in [1.165, 1.54) is 16.2 Å². The standard InChI is InChI=1S/C23H22ClN3O4S/c1-30-20-10-9-16(12-17(20)24)18-14-32-22(25-18)26-21(28)19-8-5-11-27(19)23(29)31-13-15-6-3-2-4-7-15/h2-4,6-7,9-10,12,14,19H,5,8,11,13H2,1H3,(H,25,26,28)/t19-/m0/s1. The van der Waals surface area contributed by atoms with Crippen molar-refractivity contribution in [2.24, 2.45) is 0 Å². The molecule has 2 amide bonds. The van der Waals surface area contributed by atoms with Crippen LogP contribution in [0.3, 0.4) is 0 Å². The van der Waals surface area contributed by atoms with Crippen LogP contribution in [-0.2, 0) is 16.1 Å². The van der Waals surface area contributed by atoms with E-state index in [0.717, 1.165) is 17.5 Å². The van der Waals surface area contributed by atoms with Gasteiger partial charge in [-0.15, -0.1) is 11.3 Å². The van der Waals surface area contributed by atoms with E-state index >= 15 is 0 Å². The number of likely N-dealkylation sites (tertiary alicyclic amines) is 1. The Morgan fingerprint density at radius 1 is 1.25 bits per heavy atom. The summed E-state index contributed by atoms with van der Waals surface area (Å²) in [4.78, 5) is 31.4. The van der Waals surface area contributed by atoms with Gasteiger partial charge in [0.1, 0.15) is 18.4 Å². The van der Waals surface area contributed by atoms with Gasteiger partial charge >= 0.3 is 6.09 Å². The zero-order valence-corrected chi connectivity index (χ0v) is 19.0. The molecule has 0 radical (unpaired) electrons. The maximum absolute atomic E-state index is 12.9. The van der Waals surface area contributed by atoms with Crippen LogP contribution >= 0.6 is 22.9 Å². The summed E-state index contributed by atoms with van der Waals surface area (Å²) in [5.41, 5.74) is 2.41. The number of amides is 2. The van der Waals surface area contributed by atoms with Crippen molar-refractivity contribution in [1.29, 1.82) is 0 Å². The Bertz CT molecular complexity index is 1110. The number of thiazole rings is 1. The van der Waals surface area contributed by atoms with Crippen molar-refractivity contribution in [3.63, 3.8) is 0 Å². The van der Waals surface area contributed by atoms with Crippen LogP contribution in [0.2, 0.25) is 5.02 Å². The largest absolute Gasteiger partial charge is 0.495 e. The topological polar surface area (TPSA) is 80.8 Å². The highest BCUT2D eigenvalue weighted by Crippen LogP contribution is 2.32. The van der Waals surface area contributed by atoms with Gasteiger partial charge in [0.25, 0.3) is 0 Å². The van der Waals surface area contributed by atoms with Gasteiger partial charge < -0.3 is 14.8 Å². The molecular weight excluding hydrogens is 450 g/mol. The zero-order valence-electron chi connectivity index (χ0n) is 17.4. The quantitative estimate of drug-likeness (QED) is 0.533. The molecule has 0 aliphatic carbocycles. The number of rotatable bonds is 6. The average molecular weight is 472 g/mol. The molecule has 0 bridgehead atoms. The molecule has 9 heteroatoms. The normalized spacial score (nSPS) is 15.4. The van der Waals surface area contributed by atoms with E-state index in [4.69, 9.17) is 21.1 Å². The Hall–Kier alpha value is -3.10. The van der Waals surface area contributed by atoms with Gasteiger partial charge in [-0.05, 0) is 36.6 Å². The Labute approximate surface area is 194 Å². The average Bonchev–Trinajstić information content (AvgIpc) is 3.48. The molecule has 4 rings (SSSR count). The van der Waals surface area contributed by atoms with Crippen LogP contribution in [0.4, 0.5) is 9.93 Å². The van der Waals surface area contributed by atoms with E-state index in [1.807, 2.05) is 41.8 Å². The molecular formula is C23H22ClN3O4S. The number of hydrogen-bond donors (Lipinski definition) is 1. The van der Waals surface area contributed by atoms with Crippen molar-refractivity contribution in [2.75, 3.05) is 19.0 Å². The molecule has 1 saturated heterocycles. The number of anilines is 1. The molecule has 0 saturated carbocycles. The molecule has 1 atom stereocenters. The van der Waals surface area contributed by atoms with Gasteiger partial charge in [0.05, 0.1) is 17.8 Å². The second-order valence-electron chi connectivity index (χ2n) is 7.27. The summed E-state index contributed by atoms with van der Waals surface area (Å²) in [5.74, 6) is 0.312. The van der Waals surface area contributed by atoms with Gasteiger partial charge in [0, 0.05) is 17.5 Å². The summed E-state index contributed by atoms with van der Waals surface area (Å²) < 4.78 is 10.6. The molecule has 166 valence electrons. The first-order valence-electron chi connectivity index (χ1n) is 10.1. The van der Waals surface area contributed by atoms with Crippen molar-refractivity contribution in [3.05, 3.63) is 64.5 Å². The maximum atomic E-state index is 12.9. The summed E-state index contributed by atoms with van der Waals surface area (Å²) in [7, 11) is 1.56. The smallest absolute Gasteiger partial charge is 0.410 e. The van der Waals surface area contributed by atoms with E-state index in [2.05, 4.69) is 10.3 Å². The van der Waals surface area contributed by atoms with Crippen LogP contribution in [0.5, 0.6) is 5.75 Å². The summed E-state index contributed by atoms with van der Waals surface area (Å²) >= 11 is 7.51. The molecule has 1 aliphatic heterocycles. The predicted octanol–water partition coefficient (Wildman–Crippen LogP) is 5.21. The van der Waals surface area contributed by atoms with Gasteiger partial charge in [0.15, 0.2) is 5.13 Å². The van der Waals surface area contributed by atoms with E-state index in [9.17, 15) is 9.59 Å². The van der Waals surface area contributed by atoms with E-state index in [-0.39, 0.29) is 12.5 Å². The molecule has 0 spiro atoms. The van der Waals surface area contributed by atoms with Crippen LogP contribution in [0.15, 0.2) is 53.9 Å². The van der Waals surface area contributed by atoms with Crippen molar-refractivity contribution in [3.8, 4) is 17.0 Å². The first-order valence-corrected chi connectivity index (χ1v) is 11.4. The number of methoxy groups -OCH3 is 1. The third-order valence-corrected chi connectivity index (χ3v) is 6.23. The van der Waals surface area contributed by atoms with Crippen molar-refractivity contribution in [1.82, 2.24) is 9.88 Å². The Balaban J connectivity index is 1.38. The lowest BCUT2D eigenvalue weighted by Crippen LogP contribution is -2.43. The highest BCUT2D eigenvalue weighted by atomic mass is 35.5. The molecule has 7 nitrogen and oxygen atoms in total. The fourth-order valence-electron chi connectivity index (χ4n) is 3.54. The van der Waals surface area contributed by atoms with Crippen LogP contribution in [-0.4, -0.2) is 41.6 Å². The molecule has 1 aromatic heterocycles. The number of ether oxygens (including phenoxy) is 2. The first kappa shape index (κ1) is 22.1. The molecule has 32 heavy (non-hydrogen) atoms. The minimum Gasteiger partial charge on any atom is -0.495 e. The fraction of sp³-hybridized carbons (Fsp3) is 0.261. The number of carbonyl (C=O) groups is 2. The molecule has 0 unspecified atom stereocenters. The van der Waals surface area contributed by atoms with Gasteiger partial charge in [-0.25, -0.2) is 9.78 Å². The zero-order chi connectivity index (χ0) is 22.5. The van der Waals surface area contributed by atoms with Gasteiger partial charge in [-0.1, -0.05) is 41.9 Å². The molecule has 1 aliphatic rings. The third kappa shape index (κ3) is 5.03. The molecule has 1 fully saturated rings. The number of nitrogens with zero attached hydrogens (tertiary/aromatic N) is 2. The molecule has 3 aromatic rings. The highest BCUT2D eigenvalue weighted by Gasteiger charge is 2.35. The fourth-order valence-corrected chi connectivity index (χ4v) is 4.52. The van der Waals surface area contributed by atoms with Crippen molar-refractivity contribution >= 4 is 40.1 Å². The van der Waals surface area contributed by atoms with E-state index in [0.29, 0.717) is 34.6 Å². The lowest BCUT2D eigenvalue weighted by molar-refractivity contribution is -0.120. The van der Waals surface area contributed by atoms with Crippen molar-refractivity contribution in [2.45, 2.75) is 25.5 Å². The lowest BCUT2D eigenvalue weighted by Gasteiger charge is -2.22. The number of halogens is 1. The Morgan fingerprint density at radius 3 is 2.81 bits per heavy atom. The van der Waals surface area contributed by atoms with Crippen molar-refractivity contribution < 1.29 is 19.1 Å². The number of benzene rings is 2. The summed E-state index contributed by atoms with van der Waals surface area (Å²) in [5, 5.41) is 5.62. The van der Waals surface area contributed by atoms with Crippen LogP contribution in [0, 0.1) is 0 Å². The molecule has 2 heterocycles. The minimum atomic E-state index is -0.582. The van der Waals surface area contributed by atoms with Gasteiger partial charge in [-0.3, -0.25) is 9.69 Å². The second kappa shape index (κ2) is 10.0. The number of hydrogen-bond acceptors (Lipinski definition) is 6. The maximum Gasteiger partial charge on any atom is 0.410 e. The first-order chi connectivity index (χ1) is 15.5. The lowest BCUT2D eigenvalue weighted by atomic mass is 10.2. The Kier molecular flexibility index (Phi) is 6.92. The monoisotopic (exact) mass is 471 g/mol.